The van der Waals surface area contributed by atoms with Crippen LogP contribution in [0.5, 0.6) is 5.75 Å². The first kappa shape index (κ1) is 19.3. The quantitative estimate of drug-likeness (QED) is 0.377. The van der Waals surface area contributed by atoms with Crippen LogP contribution in [0, 0.1) is 0 Å². The molecule has 0 N–H and O–H groups in total. The van der Waals surface area contributed by atoms with Crippen molar-refractivity contribution in [1.82, 2.24) is 0 Å². The molecule has 5 rings (SSSR count). The number of benzene rings is 4. The molecule has 0 radical (unpaired) electrons. The number of rotatable bonds is 3. The van der Waals surface area contributed by atoms with E-state index in [1.165, 1.54) is 39.0 Å². The van der Waals surface area contributed by atoms with Crippen LogP contribution in [0.4, 0.5) is 0 Å². The number of hydrogen-bond acceptors (Lipinski definition) is 2. The van der Waals surface area contributed by atoms with Gasteiger partial charge in [0.2, 0.25) is 0 Å². The van der Waals surface area contributed by atoms with E-state index in [1.54, 1.807) is 7.11 Å². The SMILES string of the molecule is COc1ccc(C(=C2c3ccccc3COCc3ccccc32)c2ccccc2)cc1. The van der Waals surface area contributed by atoms with E-state index in [0.29, 0.717) is 13.2 Å². The van der Waals surface area contributed by atoms with Crippen molar-refractivity contribution < 1.29 is 9.47 Å². The standard InChI is InChI=1S/C29H24O2/c1-30-25-17-15-22(16-18-25)28(21-9-3-2-4-10-21)29-26-13-7-5-11-23(26)19-31-20-24-12-6-8-14-27(24)29/h2-18H,19-20H2,1H3. The zero-order chi connectivity index (χ0) is 21.0. The van der Waals surface area contributed by atoms with Gasteiger partial charge >= 0.3 is 0 Å². The van der Waals surface area contributed by atoms with Gasteiger partial charge in [-0.25, -0.2) is 0 Å². The third-order valence-corrected chi connectivity index (χ3v) is 5.78. The monoisotopic (exact) mass is 404 g/mol. The van der Waals surface area contributed by atoms with Crippen LogP contribution in [-0.2, 0) is 18.0 Å². The first-order valence-corrected chi connectivity index (χ1v) is 10.5. The molecular formula is C29H24O2. The summed E-state index contributed by atoms with van der Waals surface area (Å²) in [5.74, 6) is 0.855. The van der Waals surface area contributed by atoms with Gasteiger partial charge in [0.15, 0.2) is 0 Å². The predicted molar refractivity (Wildman–Crippen MR) is 126 cm³/mol. The maximum atomic E-state index is 6.06. The molecule has 4 aromatic rings. The Bertz CT molecular complexity index is 1170. The van der Waals surface area contributed by atoms with Gasteiger partial charge in [-0.1, -0.05) is 91.0 Å². The molecule has 2 heteroatoms. The van der Waals surface area contributed by atoms with E-state index in [9.17, 15) is 0 Å². The second kappa shape index (κ2) is 8.63. The molecule has 0 saturated carbocycles. The lowest BCUT2D eigenvalue weighted by molar-refractivity contribution is 0.106. The van der Waals surface area contributed by atoms with Gasteiger partial charge in [0.1, 0.15) is 5.75 Å². The minimum absolute atomic E-state index is 0.596. The summed E-state index contributed by atoms with van der Waals surface area (Å²) < 4.78 is 11.5. The van der Waals surface area contributed by atoms with Crippen molar-refractivity contribution in [1.29, 1.82) is 0 Å². The molecule has 1 aliphatic rings. The lowest BCUT2D eigenvalue weighted by atomic mass is 9.82. The normalized spacial score (nSPS) is 12.9. The molecule has 0 amide bonds. The minimum atomic E-state index is 0.596. The van der Waals surface area contributed by atoms with Crippen molar-refractivity contribution in [2.24, 2.45) is 0 Å². The summed E-state index contributed by atoms with van der Waals surface area (Å²) in [6.45, 7) is 1.19. The van der Waals surface area contributed by atoms with E-state index in [-0.39, 0.29) is 0 Å². The van der Waals surface area contributed by atoms with E-state index in [2.05, 4.69) is 91.0 Å². The molecule has 1 aliphatic heterocycles. The molecule has 2 nitrogen and oxygen atoms in total. The molecule has 1 heterocycles. The molecule has 0 spiro atoms. The predicted octanol–water partition coefficient (Wildman–Crippen LogP) is 6.73. The third kappa shape index (κ3) is 3.78. The van der Waals surface area contributed by atoms with Crippen LogP contribution >= 0.6 is 0 Å². The van der Waals surface area contributed by atoms with E-state index in [1.807, 2.05) is 12.1 Å². The maximum absolute atomic E-state index is 6.06. The fraction of sp³-hybridized carbons (Fsp3) is 0.103. The average molecular weight is 405 g/mol. The van der Waals surface area contributed by atoms with Crippen molar-refractivity contribution in [2.75, 3.05) is 7.11 Å². The second-order valence-corrected chi connectivity index (χ2v) is 7.65. The lowest BCUT2D eigenvalue weighted by Gasteiger charge is -2.24. The number of methoxy groups -OCH3 is 1. The highest BCUT2D eigenvalue weighted by atomic mass is 16.5. The Kier molecular flexibility index (Phi) is 5.39. The fourth-order valence-corrected chi connectivity index (χ4v) is 4.28. The Morgan fingerprint density at radius 1 is 0.613 bits per heavy atom. The molecule has 0 saturated heterocycles. The first-order chi connectivity index (χ1) is 15.3. The fourth-order valence-electron chi connectivity index (χ4n) is 4.28. The van der Waals surface area contributed by atoms with Crippen LogP contribution in [0.1, 0.15) is 33.4 Å². The molecule has 0 atom stereocenters. The summed E-state index contributed by atoms with van der Waals surface area (Å²) in [5.41, 5.74) is 9.63. The Labute approximate surface area is 183 Å². The van der Waals surface area contributed by atoms with Crippen LogP contribution in [0.3, 0.4) is 0 Å². The van der Waals surface area contributed by atoms with Gasteiger partial charge in [0.05, 0.1) is 20.3 Å². The van der Waals surface area contributed by atoms with Crippen molar-refractivity contribution in [2.45, 2.75) is 13.2 Å². The highest BCUT2D eigenvalue weighted by Crippen LogP contribution is 2.40. The zero-order valence-electron chi connectivity index (χ0n) is 17.5. The summed E-state index contributed by atoms with van der Waals surface area (Å²) in [6.07, 6.45) is 0. The smallest absolute Gasteiger partial charge is 0.118 e. The molecule has 0 fully saturated rings. The summed E-state index contributed by atoms with van der Waals surface area (Å²) in [4.78, 5) is 0. The second-order valence-electron chi connectivity index (χ2n) is 7.65. The first-order valence-electron chi connectivity index (χ1n) is 10.5. The number of fused-ring (bicyclic) bond motifs is 2. The van der Waals surface area contributed by atoms with Gasteiger partial charge in [0, 0.05) is 0 Å². The lowest BCUT2D eigenvalue weighted by Crippen LogP contribution is -2.08. The molecule has 0 aromatic heterocycles. The highest BCUT2D eigenvalue weighted by Gasteiger charge is 2.22. The Morgan fingerprint density at radius 2 is 1.13 bits per heavy atom. The van der Waals surface area contributed by atoms with E-state index >= 15 is 0 Å². The van der Waals surface area contributed by atoms with E-state index in [4.69, 9.17) is 9.47 Å². The van der Waals surface area contributed by atoms with Gasteiger partial charge in [-0.3, -0.25) is 0 Å². The van der Waals surface area contributed by atoms with Crippen molar-refractivity contribution in [3.8, 4) is 5.75 Å². The maximum Gasteiger partial charge on any atom is 0.118 e. The van der Waals surface area contributed by atoms with Gasteiger partial charge in [-0.2, -0.15) is 0 Å². The van der Waals surface area contributed by atoms with E-state index < -0.39 is 0 Å². The summed E-state index contributed by atoms with van der Waals surface area (Å²) in [6, 6.07) is 36.1. The Hall–Kier alpha value is -3.62. The molecule has 4 aromatic carbocycles. The molecule has 0 bridgehead atoms. The number of ether oxygens (including phenoxy) is 2. The molecular weight excluding hydrogens is 380 g/mol. The van der Waals surface area contributed by atoms with Crippen LogP contribution < -0.4 is 4.74 Å². The summed E-state index contributed by atoms with van der Waals surface area (Å²) >= 11 is 0. The van der Waals surface area contributed by atoms with Crippen LogP contribution in [0.15, 0.2) is 103 Å². The molecule has 0 aliphatic carbocycles. The van der Waals surface area contributed by atoms with Crippen LogP contribution in [0.25, 0.3) is 11.1 Å². The van der Waals surface area contributed by atoms with E-state index in [0.717, 1.165) is 11.3 Å². The Balaban J connectivity index is 1.90. The summed E-state index contributed by atoms with van der Waals surface area (Å²) in [7, 11) is 1.70. The Morgan fingerprint density at radius 3 is 1.71 bits per heavy atom. The zero-order valence-corrected chi connectivity index (χ0v) is 17.5. The molecule has 0 unspecified atom stereocenters. The van der Waals surface area contributed by atoms with Gasteiger partial charge in [-0.05, 0) is 56.7 Å². The molecule has 31 heavy (non-hydrogen) atoms. The van der Waals surface area contributed by atoms with Crippen molar-refractivity contribution in [3.05, 3.63) is 137 Å². The highest BCUT2D eigenvalue weighted by molar-refractivity contribution is 6.05. The van der Waals surface area contributed by atoms with Crippen LogP contribution in [0.2, 0.25) is 0 Å². The summed E-state index contributed by atoms with van der Waals surface area (Å²) in [5, 5.41) is 0. The largest absolute Gasteiger partial charge is 0.497 e. The molecule has 152 valence electrons. The topological polar surface area (TPSA) is 18.5 Å². The van der Waals surface area contributed by atoms with Crippen LogP contribution in [-0.4, -0.2) is 7.11 Å². The number of hydrogen-bond donors (Lipinski definition) is 0. The minimum Gasteiger partial charge on any atom is -0.497 e. The van der Waals surface area contributed by atoms with Gasteiger partial charge in [0.25, 0.3) is 0 Å². The van der Waals surface area contributed by atoms with Crippen molar-refractivity contribution >= 4 is 11.1 Å². The average Bonchev–Trinajstić information content (AvgIpc) is 2.83. The third-order valence-electron chi connectivity index (χ3n) is 5.78. The van der Waals surface area contributed by atoms with Gasteiger partial charge in [-0.15, -0.1) is 0 Å². The van der Waals surface area contributed by atoms with Gasteiger partial charge < -0.3 is 9.47 Å². The van der Waals surface area contributed by atoms with Crippen molar-refractivity contribution in [3.63, 3.8) is 0 Å².